The first-order chi connectivity index (χ1) is 5.33. The van der Waals surface area contributed by atoms with Crippen molar-refractivity contribution in [2.75, 3.05) is 0 Å². The van der Waals surface area contributed by atoms with Gasteiger partial charge in [-0.15, -0.1) is 0 Å². The lowest BCUT2D eigenvalue weighted by molar-refractivity contribution is 0.444. The van der Waals surface area contributed by atoms with Gasteiger partial charge in [0.05, 0.1) is 0 Å². The van der Waals surface area contributed by atoms with Crippen LogP contribution in [0.1, 0.15) is 0 Å². The third-order valence-corrected chi connectivity index (χ3v) is 2.33. The molecule has 0 aliphatic rings. The van der Waals surface area contributed by atoms with Gasteiger partial charge in [0.25, 0.3) is 0 Å². The molecule has 1 unspecified atom stereocenters. The SMILES string of the molecule is O=[PH](OBr)Oc1ccccc1. The van der Waals surface area contributed by atoms with Crippen LogP contribution in [0.25, 0.3) is 0 Å². The number of hydrogen-bond donors (Lipinski definition) is 0. The number of benzene rings is 1. The maximum absolute atomic E-state index is 10.7. The molecule has 1 aromatic carbocycles. The highest BCUT2D eigenvalue weighted by Gasteiger charge is 1.97. The number of rotatable bonds is 3. The first-order valence-electron chi connectivity index (χ1n) is 2.88. The van der Waals surface area contributed by atoms with Crippen LogP contribution in [0.2, 0.25) is 0 Å². The molecular formula is C6H6BrO3P. The van der Waals surface area contributed by atoms with Crippen molar-refractivity contribution in [1.82, 2.24) is 0 Å². The molecule has 1 aromatic rings. The average Bonchev–Trinajstić information content (AvgIpc) is 2.06. The lowest BCUT2D eigenvalue weighted by atomic mass is 10.3. The van der Waals surface area contributed by atoms with Crippen LogP contribution >= 0.6 is 24.5 Å². The molecule has 60 valence electrons. The number of para-hydroxylation sites is 1. The monoisotopic (exact) mass is 236 g/mol. The lowest BCUT2D eigenvalue weighted by Gasteiger charge is -2.00. The summed E-state index contributed by atoms with van der Waals surface area (Å²) in [6.07, 6.45) is 0. The molecule has 0 saturated carbocycles. The van der Waals surface area contributed by atoms with Crippen molar-refractivity contribution in [1.29, 1.82) is 0 Å². The second kappa shape index (κ2) is 4.54. The van der Waals surface area contributed by atoms with Gasteiger partial charge in [-0.3, -0.25) is 0 Å². The van der Waals surface area contributed by atoms with Gasteiger partial charge < -0.3 is 4.52 Å². The van der Waals surface area contributed by atoms with E-state index in [9.17, 15) is 4.57 Å². The Hall–Kier alpha value is -0.310. The van der Waals surface area contributed by atoms with Crippen LogP contribution in [0.15, 0.2) is 30.3 Å². The summed E-state index contributed by atoms with van der Waals surface area (Å²) in [5.74, 6) is 0.538. The van der Waals surface area contributed by atoms with Crippen LogP contribution in [0.4, 0.5) is 0 Å². The van der Waals surface area contributed by atoms with Gasteiger partial charge in [0.15, 0.2) is 0 Å². The molecule has 0 aromatic heterocycles. The predicted octanol–water partition coefficient (Wildman–Crippen LogP) is 2.78. The highest BCUT2D eigenvalue weighted by Crippen LogP contribution is 2.29. The number of hydrogen-bond acceptors (Lipinski definition) is 3. The van der Waals surface area contributed by atoms with Crippen LogP contribution in [0, 0.1) is 0 Å². The fraction of sp³-hybridized carbons (Fsp3) is 0. The van der Waals surface area contributed by atoms with Crippen molar-refractivity contribution >= 4 is 24.5 Å². The quantitative estimate of drug-likeness (QED) is 0.758. The molecule has 0 radical (unpaired) electrons. The number of halogens is 1. The van der Waals surface area contributed by atoms with E-state index in [2.05, 4.69) is 19.9 Å². The van der Waals surface area contributed by atoms with Crippen LogP contribution < -0.4 is 4.52 Å². The van der Waals surface area contributed by atoms with E-state index in [-0.39, 0.29) is 0 Å². The Bertz CT molecular complexity index is 239. The smallest absolute Gasteiger partial charge is 0.378 e. The molecule has 0 aliphatic heterocycles. The highest BCUT2D eigenvalue weighted by atomic mass is 79.9. The summed E-state index contributed by atoms with van der Waals surface area (Å²) in [5, 5.41) is 0. The van der Waals surface area contributed by atoms with E-state index in [0.29, 0.717) is 5.75 Å². The summed E-state index contributed by atoms with van der Waals surface area (Å²) in [5.41, 5.74) is 0. The van der Waals surface area contributed by atoms with E-state index < -0.39 is 8.25 Å². The zero-order chi connectivity index (χ0) is 8.10. The lowest BCUT2D eigenvalue weighted by Crippen LogP contribution is -1.78. The normalized spacial score (nSPS) is 12.5. The van der Waals surface area contributed by atoms with Crippen molar-refractivity contribution in [2.45, 2.75) is 0 Å². The Balaban J connectivity index is 2.58. The maximum atomic E-state index is 10.7. The summed E-state index contributed by atoms with van der Waals surface area (Å²) in [7, 11) is -2.41. The predicted molar refractivity (Wildman–Crippen MR) is 46.1 cm³/mol. The fourth-order valence-corrected chi connectivity index (χ4v) is 1.16. The summed E-state index contributed by atoms with van der Waals surface area (Å²) in [4.78, 5) is 0. The van der Waals surface area contributed by atoms with Gasteiger partial charge in [0.1, 0.15) is 22.0 Å². The molecule has 1 atom stereocenters. The van der Waals surface area contributed by atoms with Gasteiger partial charge in [-0.05, 0) is 12.1 Å². The second-order valence-corrected chi connectivity index (χ2v) is 3.57. The summed E-state index contributed by atoms with van der Waals surface area (Å²) >= 11 is 2.58. The standard InChI is InChI=1S/C6H6BrO3P/c7-10-11(8)9-6-4-2-1-3-5-6/h1-5,11H. The van der Waals surface area contributed by atoms with Gasteiger partial charge in [0.2, 0.25) is 0 Å². The molecule has 5 heteroatoms. The van der Waals surface area contributed by atoms with Crippen LogP contribution in [-0.2, 0) is 8.18 Å². The van der Waals surface area contributed by atoms with E-state index in [1.165, 1.54) is 0 Å². The molecule has 0 saturated heterocycles. The van der Waals surface area contributed by atoms with Gasteiger partial charge in [-0.25, -0.2) is 8.18 Å². The first-order valence-corrected chi connectivity index (χ1v) is 4.75. The van der Waals surface area contributed by atoms with Crippen molar-refractivity contribution in [3.8, 4) is 5.75 Å². The Morgan fingerprint density at radius 2 is 1.91 bits per heavy atom. The van der Waals surface area contributed by atoms with E-state index >= 15 is 0 Å². The van der Waals surface area contributed by atoms with Gasteiger partial charge in [0, 0.05) is 0 Å². The zero-order valence-electron chi connectivity index (χ0n) is 5.49. The molecule has 0 spiro atoms. The van der Waals surface area contributed by atoms with Gasteiger partial charge >= 0.3 is 8.25 Å². The topological polar surface area (TPSA) is 35.5 Å². The Morgan fingerprint density at radius 3 is 2.45 bits per heavy atom. The van der Waals surface area contributed by atoms with Gasteiger partial charge in [-0.2, -0.15) is 0 Å². The molecule has 0 fully saturated rings. The summed E-state index contributed by atoms with van der Waals surface area (Å²) < 4.78 is 19.8. The molecule has 0 bridgehead atoms. The van der Waals surface area contributed by atoms with Crippen LogP contribution in [0.3, 0.4) is 0 Å². The van der Waals surface area contributed by atoms with Crippen LogP contribution in [0.5, 0.6) is 5.75 Å². The maximum Gasteiger partial charge on any atom is 0.378 e. The minimum atomic E-state index is -2.41. The Morgan fingerprint density at radius 1 is 1.27 bits per heavy atom. The van der Waals surface area contributed by atoms with E-state index in [1.807, 2.05) is 6.07 Å². The van der Waals surface area contributed by atoms with Crippen molar-refractivity contribution in [3.05, 3.63) is 30.3 Å². The summed E-state index contributed by atoms with van der Waals surface area (Å²) in [6, 6.07) is 8.83. The Kier molecular flexibility index (Phi) is 3.63. The van der Waals surface area contributed by atoms with E-state index in [1.54, 1.807) is 24.3 Å². The summed E-state index contributed by atoms with van der Waals surface area (Å²) in [6.45, 7) is 0. The molecule has 0 amide bonds. The minimum absolute atomic E-state index is 0.538. The zero-order valence-corrected chi connectivity index (χ0v) is 8.08. The van der Waals surface area contributed by atoms with Gasteiger partial charge in [-0.1, -0.05) is 18.2 Å². The fourth-order valence-electron chi connectivity index (χ4n) is 0.601. The molecule has 0 heterocycles. The molecule has 0 aliphatic carbocycles. The van der Waals surface area contributed by atoms with Crippen LogP contribution in [-0.4, -0.2) is 0 Å². The molecule has 0 N–H and O–H groups in total. The van der Waals surface area contributed by atoms with E-state index in [0.717, 1.165) is 0 Å². The third kappa shape index (κ3) is 3.06. The third-order valence-electron chi connectivity index (χ3n) is 1.01. The second-order valence-electron chi connectivity index (χ2n) is 1.74. The average molecular weight is 237 g/mol. The molecular weight excluding hydrogens is 231 g/mol. The molecule has 11 heavy (non-hydrogen) atoms. The van der Waals surface area contributed by atoms with Crippen molar-refractivity contribution in [2.24, 2.45) is 0 Å². The molecule has 3 nitrogen and oxygen atoms in total. The van der Waals surface area contributed by atoms with Crippen molar-refractivity contribution in [3.63, 3.8) is 0 Å². The Labute approximate surface area is 73.7 Å². The first kappa shape index (κ1) is 8.78. The highest BCUT2D eigenvalue weighted by molar-refractivity contribution is 9.06. The largest absolute Gasteiger partial charge is 0.426 e. The molecule has 1 rings (SSSR count). The minimum Gasteiger partial charge on any atom is -0.426 e. The van der Waals surface area contributed by atoms with E-state index in [4.69, 9.17) is 4.52 Å². The van der Waals surface area contributed by atoms with Crippen molar-refractivity contribution < 1.29 is 12.7 Å².